The van der Waals surface area contributed by atoms with Crippen molar-refractivity contribution in [2.24, 2.45) is 4.99 Å². The average Bonchev–Trinajstić information content (AvgIpc) is 3.24. The molecule has 154 valence electrons. The molecule has 1 aliphatic carbocycles. The summed E-state index contributed by atoms with van der Waals surface area (Å²) >= 11 is 0. The van der Waals surface area contributed by atoms with Crippen molar-refractivity contribution in [1.82, 2.24) is 10.2 Å². The fourth-order valence-electron chi connectivity index (χ4n) is 3.99. The van der Waals surface area contributed by atoms with E-state index >= 15 is 0 Å². The topological polar surface area (TPSA) is 55.3 Å². The predicted molar refractivity (Wildman–Crippen MR) is 110 cm³/mol. The van der Waals surface area contributed by atoms with E-state index in [1.54, 1.807) is 0 Å². The maximum absolute atomic E-state index is 6.16. The third-order valence-corrected chi connectivity index (χ3v) is 5.83. The second-order valence-electron chi connectivity index (χ2n) is 7.86. The molecule has 1 saturated carbocycles. The standard InChI is InChI=1S/C22H33N3O3/c1-2-23-22(25-12-14-27-21(16-25)20-11-6-13-26-20)24-15-17-7-3-4-10-19(17)28-18-8-5-9-18/h3-4,7,10,18,20-21H,2,5-6,8-9,11-16H2,1H3,(H,23,24). The highest BCUT2D eigenvalue weighted by Gasteiger charge is 2.32. The van der Waals surface area contributed by atoms with Crippen LogP contribution < -0.4 is 10.1 Å². The molecule has 1 aromatic carbocycles. The van der Waals surface area contributed by atoms with E-state index in [2.05, 4.69) is 35.3 Å². The summed E-state index contributed by atoms with van der Waals surface area (Å²) in [5, 5.41) is 3.46. The Morgan fingerprint density at radius 1 is 1.14 bits per heavy atom. The zero-order valence-electron chi connectivity index (χ0n) is 16.9. The largest absolute Gasteiger partial charge is 0.490 e. The van der Waals surface area contributed by atoms with E-state index in [0.29, 0.717) is 12.6 Å². The van der Waals surface area contributed by atoms with Crippen LogP contribution in [0.15, 0.2) is 29.3 Å². The molecule has 0 bridgehead atoms. The Bertz CT molecular complexity index is 656. The van der Waals surface area contributed by atoms with E-state index in [9.17, 15) is 0 Å². The number of hydrogen-bond donors (Lipinski definition) is 1. The third-order valence-electron chi connectivity index (χ3n) is 5.83. The van der Waals surface area contributed by atoms with Gasteiger partial charge < -0.3 is 24.4 Å². The van der Waals surface area contributed by atoms with Gasteiger partial charge in [0.05, 0.1) is 25.4 Å². The van der Waals surface area contributed by atoms with Crippen molar-refractivity contribution in [3.63, 3.8) is 0 Å². The molecule has 2 atom stereocenters. The van der Waals surface area contributed by atoms with Gasteiger partial charge in [-0.05, 0) is 45.1 Å². The van der Waals surface area contributed by atoms with Crippen molar-refractivity contribution < 1.29 is 14.2 Å². The van der Waals surface area contributed by atoms with E-state index in [1.165, 1.54) is 19.3 Å². The van der Waals surface area contributed by atoms with Crippen LogP contribution in [0.4, 0.5) is 0 Å². The first kappa shape index (κ1) is 19.5. The molecule has 4 rings (SSSR count). The van der Waals surface area contributed by atoms with E-state index in [-0.39, 0.29) is 12.2 Å². The van der Waals surface area contributed by atoms with E-state index in [0.717, 1.165) is 63.0 Å². The van der Waals surface area contributed by atoms with Crippen LogP contribution in [0, 0.1) is 0 Å². The number of nitrogens with zero attached hydrogens (tertiary/aromatic N) is 2. The predicted octanol–water partition coefficient (Wildman–Crippen LogP) is 2.96. The van der Waals surface area contributed by atoms with Crippen LogP contribution in [0.3, 0.4) is 0 Å². The highest BCUT2D eigenvalue weighted by Crippen LogP contribution is 2.28. The Morgan fingerprint density at radius 2 is 2.00 bits per heavy atom. The minimum Gasteiger partial charge on any atom is -0.490 e. The quantitative estimate of drug-likeness (QED) is 0.601. The van der Waals surface area contributed by atoms with E-state index in [4.69, 9.17) is 19.2 Å². The van der Waals surface area contributed by atoms with Crippen LogP contribution in [-0.2, 0) is 16.0 Å². The molecule has 0 aromatic heterocycles. The van der Waals surface area contributed by atoms with Crippen molar-refractivity contribution in [2.75, 3.05) is 32.8 Å². The van der Waals surface area contributed by atoms with Gasteiger partial charge in [-0.25, -0.2) is 4.99 Å². The van der Waals surface area contributed by atoms with Gasteiger partial charge in [0.2, 0.25) is 0 Å². The van der Waals surface area contributed by atoms with Crippen LogP contribution in [0.25, 0.3) is 0 Å². The summed E-state index contributed by atoms with van der Waals surface area (Å²) in [7, 11) is 0. The lowest BCUT2D eigenvalue weighted by molar-refractivity contribution is -0.0817. The normalized spacial score (nSPS) is 26.2. The lowest BCUT2D eigenvalue weighted by Gasteiger charge is -2.37. The van der Waals surface area contributed by atoms with Gasteiger partial charge in [0, 0.05) is 31.8 Å². The van der Waals surface area contributed by atoms with E-state index < -0.39 is 0 Å². The molecule has 1 aromatic rings. The highest BCUT2D eigenvalue weighted by atomic mass is 16.5. The smallest absolute Gasteiger partial charge is 0.194 e. The highest BCUT2D eigenvalue weighted by molar-refractivity contribution is 5.80. The van der Waals surface area contributed by atoms with Crippen molar-refractivity contribution in [3.8, 4) is 5.75 Å². The van der Waals surface area contributed by atoms with Crippen molar-refractivity contribution >= 4 is 5.96 Å². The number of hydrogen-bond acceptors (Lipinski definition) is 4. The zero-order valence-corrected chi connectivity index (χ0v) is 16.9. The van der Waals surface area contributed by atoms with Gasteiger partial charge >= 0.3 is 0 Å². The Kier molecular flexibility index (Phi) is 6.70. The molecule has 0 amide bonds. The van der Waals surface area contributed by atoms with Gasteiger partial charge in [-0.3, -0.25) is 0 Å². The summed E-state index contributed by atoms with van der Waals surface area (Å²) < 4.78 is 18.0. The number of nitrogens with one attached hydrogen (secondary N) is 1. The second-order valence-corrected chi connectivity index (χ2v) is 7.86. The van der Waals surface area contributed by atoms with E-state index in [1.807, 2.05) is 6.07 Å². The van der Waals surface area contributed by atoms with Gasteiger partial charge in [-0.2, -0.15) is 0 Å². The number of ether oxygens (including phenoxy) is 3. The lowest BCUT2D eigenvalue weighted by atomic mass is 9.96. The molecule has 0 spiro atoms. The summed E-state index contributed by atoms with van der Waals surface area (Å²) in [6, 6.07) is 8.29. The van der Waals surface area contributed by atoms with Gasteiger partial charge in [0.25, 0.3) is 0 Å². The summed E-state index contributed by atoms with van der Waals surface area (Å²) in [5.41, 5.74) is 1.15. The molecule has 2 saturated heterocycles. The first-order chi connectivity index (χ1) is 13.8. The first-order valence-electron chi connectivity index (χ1n) is 10.8. The summed E-state index contributed by atoms with van der Waals surface area (Å²) in [6.07, 6.45) is 6.57. The number of aliphatic imine (C=N–C) groups is 1. The Balaban J connectivity index is 1.43. The molecule has 1 N–H and O–H groups in total. The minimum atomic E-state index is 0.134. The van der Waals surface area contributed by atoms with Gasteiger partial charge in [0.1, 0.15) is 11.9 Å². The number of morpholine rings is 1. The molecule has 0 radical (unpaired) electrons. The lowest BCUT2D eigenvalue weighted by Crippen LogP contribution is -2.53. The maximum Gasteiger partial charge on any atom is 0.194 e. The zero-order chi connectivity index (χ0) is 19.2. The molecule has 2 heterocycles. The Labute approximate surface area is 168 Å². The summed E-state index contributed by atoms with van der Waals surface area (Å²) in [6.45, 7) is 6.84. The molecular weight excluding hydrogens is 354 g/mol. The molecule has 3 fully saturated rings. The van der Waals surface area contributed by atoms with Crippen LogP contribution in [0.5, 0.6) is 5.75 Å². The van der Waals surface area contributed by atoms with Crippen molar-refractivity contribution in [1.29, 1.82) is 0 Å². The van der Waals surface area contributed by atoms with Crippen LogP contribution in [0.1, 0.15) is 44.6 Å². The van der Waals surface area contributed by atoms with Crippen molar-refractivity contribution in [3.05, 3.63) is 29.8 Å². The number of rotatable bonds is 6. The number of para-hydroxylation sites is 1. The van der Waals surface area contributed by atoms with Crippen LogP contribution in [0.2, 0.25) is 0 Å². The SMILES string of the molecule is CCNC(=NCc1ccccc1OC1CCC1)N1CCOC(C2CCCO2)C1. The summed E-state index contributed by atoms with van der Waals surface area (Å²) in [4.78, 5) is 7.25. The van der Waals surface area contributed by atoms with Crippen LogP contribution in [-0.4, -0.2) is 62.0 Å². The fourth-order valence-corrected chi connectivity index (χ4v) is 3.99. The summed E-state index contributed by atoms with van der Waals surface area (Å²) in [5.74, 6) is 1.93. The molecule has 2 aliphatic heterocycles. The Hall–Kier alpha value is -1.79. The monoisotopic (exact) mass is 387 g/mol. The fraction of sp³-hybridized carbons (Fsp3) is 0.682. The second kappa shape index (κ2) is 9.61. The average molecular weight is 388 g/mol. The van der Waals surface area contributed by atoms with Gasteiger partial charge in [-0.1, -0.05) is 18.2 Å². The molecule has 28 heavy (non-hydrogen) atoms. The maximum atomic E-state index is 6.16. The van der Waals surface area contributed by atoms with Gasteiger partial charge in [-0.15, -0.1) is 0 Å². The van der Waals surface area contributed by atoms with Crippen molar-refractivity contribution in [2.45, 2.75) is 63.9 Å². The van der Waals surface area contributed by atoms with Gasteiger partial charge in [0.15, 0.2) is 5.96 Å². The number of benzene rings is 1. The Morgan fingerprint density at radius 3 is 2.75 bits per heavy atom. The number of guanidine groups is 1. The molecule has 6 nitrogen and oxygen atoms in total. The molecule has 2 unspecified atom stereocenters. The first-order valence-corrected chi connectivity index (χ1v) is 10.8. The van der Waals surface area contributed by atoms with Crippen LogP contribution >= 0.6 is 0 Å². The molecule has 6 heteroatoms. The minimum absolute atomic E-state index is 0.134. The third kappa shape index (κ3) is 4.78. The molecule has 3 aliphatic rings. The molecular formula is C22H33N3O3.